The maximum atomic E-state index is 13.1. The average molecular weight is 256 g/mol. The second-order valence-corrected chi connectivity index (χ2v) is 4.68. The van der Waals surface area contributed by atoms with Crippen molar-refractivity contribution < 1.29 is 9.18 Å². The number of nitrogens with zero attached hydrogens (tertiary/aromatic N) is 2. The minimum Gasteiger partial charge on any atom is -0.289 e. The molecule has 1 aliphatic rings. The van der Waals surface area contributed by atoms with Crippen LogP contribution in [0, 0.1) is 5.82 Å². The molecule has 0 bridgehead atoms. The number of hydrogen-bond donors (Lipinski definition) is 0. The maximum absolute atomic E-state index is 13.1. The SMILES string of the molecule is Cn1ncc2c1CC/C(=C/c1cccc(F)c1)C2=O. The predicted molar refractivity (Wildman–Crippen MR) is 70.2 cm³/mol. The Morgan fingerprint density at radius 1 is 1.37 bits per heavy atom. The highest BCUT2D eigenvalue weighted by molar-refractivity contribution is 6.12. The van der Waals surface area contributed by atoms with Gasteiger partial charge >= 0.3 is 0 Å². The van der Waals surface area contributed by atoms with E-state index in [-0.39, 0.29) is 11.6 Å². The van der Waals surface area contributed by atoms with Crippen LogP contribution >= 0.6 is 0 Å². The first-order chi connectivity index (χ1) is 9.15. The van der Waals surface area contributed by atoms with Crippen LogP contribution in [-0.2, 0) is 13.5 Å². The van der Waals surface area contributed by atoms with Crippen molar-refractivity contribution in [2.45, 2.75) is 12.8 Å². The molecule has 1 heterocycles. The number of aryl methyl sites for hydroxylation is 1. The number of rotatable bonds is 1. The third kappa shape index (κ3) is 2.10. The minimum atomic E-state index is -0.292. The van der Waals surface area contributed by atoms with E-state index in [1.165, 1.54) is 12.1 Å². The van der Waals surface area contributed by atoms with Crippen LogP contribution in [0.2, 0.25) is 0 Å². The zero-order chi connectivity index (χ0) is 13.4. The van der Waals surface area contributed by atoms with E-state index in [1.807, 2.05) is 7.05 Å². The van der Waals surface area contributed by atoms with Crippen LogP contribution in [0.4, 0.5) is 4.39 Å². The number of ketones is 1. The zero-order valence-electron chi connectivity index (χ0n) is 10.6. The van der Waals surface area contributed by atoms with Crippen LogP contribution in [0.5, 0.6) is 0 Å². The third-order valence-electron chi connectivity index (χ3n) is 3.42. The van der Waals surface area contributed by atoms with E-state index in [2.05, 4.69) is 5.10 Å². The number of halogens is 1. The van der Waals surface area contributed by atoms with E-state index in [4.69, 9.17) is 0 Å². The fourth-order valence-corrected chi connectivity index (χ4v) is 2.42. The Kier molecular flexibility index (Phi) is 2.78. The molecule has 4 heteroatoms. The monoisotopic (exact) mass is 256 g/mol. The molecule has 0 spiro atoms. The predicted octanol–water partition coefficient (Wildman–Crippen LogP) is 2.77. The molecule has 0 aliphatic heterocycles. The number of allylic oxidation sites excluding steroid dienone is 1. The lowest BCUT2D eigenvalue weighted by molar-refractivity contribution is 0.102. The Labute approximate surface area is 110 Å². The van der Waals surface area contributed by atoms with E-state index in [1.54, 1.807) is 29.1 Å². The molecule has 1 aromatic heterocycles. The molecule has 96 valence electrons. The molecule has 0 saturated carbocycles. The Morgan fingerprint density at radius 2 is 2.21 bits per heavy atom. The summed E-state index contributed by atoms with van der Waals surface area (Å²) in [4.78, 5) is 12.3. The van der Waals surface area contributed by atoms with Gasteiger partial charge in [-0.15, -0.1) is 0 Å². The molecule has 0 saturated heterocycles. The topological polar surface area (TPSA) is 34.9 Å². The van der Waals surface area contributed by atoms with Crippen LogP contribution in [0.25, 0.3) is 6.08 Å². The lowest BCUT2D eigenvalue weighted by Crippen LogP contribution is -2.14. The van der Waals surface area contributed by atoms with E-state index >= 15 is 0 Å². The minimum absolute atomic E-state index is 0.00129. The van der Waals surface area contributed by atoms with Crippen molar-refractivity contribution in [1.82, 2.24) is 9.78 Å². The fraction of sp³-hybridized carbons (Fsp3) is 0.200. The normalized spacial score (nSPS) is 16.7. The fourth-order valence-electron chi connectivity index (χ4n) is 2.42. The van der Waals surface area contributed by atoms with Crippen molar-refractivity contribution in [1.29, 1.82) is 0 Å². The first-order valence-corrected chi connectivity index (χ1v) is 6.17. The van der Waals surface area contributed by atoms with Gasteiger partial charge in [0.15, 0.2) is 5.78 Å². The van der Waals surface area contributed by atoms with Gasteiger partial charge in [-0.25, -0.2) is 4.39 Å². The van der Waals surface area contributed by atoms with Crippen LogP contribution in [0.1, 0.15) is 28.0 Å². The number of fused-ring (bicyclic) bond motifs is 1. The summed E-state index contributed by atoms with van der Waals surface area (Å²) in [5.41, 5.74) is 3.07. The van der Waals surface area contributed by atoms with Crippen LogP contribution in [0.15, 0.2) is 36.0 Å². The number of carbonyl (C=O) groups is 1. The summed E-state index contributed by atoms with van der Waals surface area (Å²) in [6.07, 6.45) is 4.83. The van der Waals surface area contributed by atoms with E-state index in [0.717, 1.165) is 17.7 Å². The summed E-state index contributed by atoms with van der Waals surface area (Å²) in [6, 6.07) is 6.26. The summed E-state index contributed by atoms with van der Waals surface area (Å²) < 4.78 is 14.9. The molecule has 0 atom stereocenters. The number of aromatic nitrogens is 2. The van der Waals surface area contributed by atoms with Crippen LogP contribution < -0.4 is 0 Å². The molecule has 3 rings (SSSR count). The first kappa shape index (κ1) is 11.8. The third-order valence-corrected chi connectivity index (χ3v) is 3.42. The molecule has 0 amide bonds. The summed E-state index contributed by atoms with van der Waals surface area (Å²) in [5, 5.41) is 4.11. The Balaban J connectivity index is 1.98. The standard InChI is InChI=1S/C15H13FN2O/c1-18-14-6-5-11(15(19)13(14)9-17-18)7-10-3-2-4-12(16)8-10/h2-4,7-9H,5-6H2,1H3/b11-7-. The molecule has 0 unspecified atom stereocenters. The Morgan fingerprint density at radius 3 is 3.00 bits per heavy atom. The van der Waals surface area contributed by atoms with Gasteiger partial charge in [0.2, 0.25) is 0 Å². The van der Waals surface area contributed by atoms with Gasteiger partial charge in [-0.3, -0.25) is 9.48 Å². The summed E-state index contributed by atoms with van der Waals surface area (Å²) in [7, 11) is 1.84. The number of carbonyl (C=O) groups excluding carboxylic acids is 1. The molecule has 0 radical (unpaired) electrons. The lowest BCUT2D eigenvalue weighted by Gasteiger charge is -2.14. The molecule has 1 aromatic carbocycles. The van der Waals surface area contributed by atoms with Crippen molar-refractivity contribution in [3.63, 3.8) is 0 Å². The van der Waals surface area contributed by atoms with E-state index in [0.29, 0.717) is 17.6 Å². The highest BCUT2D eigenvalue weighted by Crippen LogP contribution is 2.26. The van der Waals surface area contributed by atoms with Crippen molar-refractivity contribution in [2.24, 2.45) is 7.05 Å². The van der Waals surface area contributed by atoms with Gasteiger partial charge in [-0.05, 0) is 36.6 Å². The van der Waals surface area contributed by atoms with Crippen molar-refractivity contribution in [3.8, 4) is 0 Å². The highest BCUT2D eigenvalue weighted by atomic mass is 19.1. The van der Waals surface area contributed by atoms with Crippen LogP contribution in [-0.4, -0.2) is 15.6 Å². The van der Waals surface area contributed by atoms with Gasteiger partial charge in [0.1, 0.15) is 5.82 Å². The number of Topliss-reactive ketones (excluding diaryl/α,β-unsaturated/α-hetero) is 1. The van der Waals surface area contributed by atoms with Gasteiger partial charge in [-0.2, -0.15) is 5.10 Å². The molecule has 0 fully saturated rings. The second kappa shape index (κ2) is 4.46. The zero-order valence-corrected chi connectivity index (χ0v) is 10.6. The Hall–Kier alpha value is -2.23. The van der Waals surface area contributed by atoms with Gasteiger partial charge < -0.3 is 0 Å². The molecule has 2 aromatic rings. The van der Waals surface area contributed by atoms with Crippen molar-refractivity contribution in [3.05, 3.63) is 58.7 Å². The summed E-state index contributed by atoms with van der Waals surface area (Å²) >= 11 is 0. The summed E-state index contributed by atoms with van der Waals surface area (Å²) in [5.74, 6) is -0.293. The Bertz CT molecular complexity index is 685. The smallest absolute Gasteiger partial charge is 0.192 e. The van der Waals surface area contributed by atoms with Crippen molar-refractivity contribution >= 4 is 11.9 Å². The van der Waals surface area contributed by atoms with Crippen molar-refractivity contribution in [2.75, 3.05) is 0 Å². The molecular weight excluding hydrogens is 243 g/mol. The molecule has 3 nitrogen and oxygen atoms in total. The van der Waals surface area contributed by atoms with Gasteiger partial charge in [-0.1, -0.05) is 12.1 Å². The van der Waals surface area contributed by atoms with E-state index < -0.39 is 0 Å². The highest BCUT2D eigenvalue weighted by Gasteiger charge is 2.24. The maximum Gasteiger partial charge on any atom is 0.192 e. The second-order valence-electron chi connectivity index (χ2n) is 4.68. The van der Waals surface area contributed by atoms with Gasteiger partial charge in [0, 0.05) is 18.3 Å². The quantitative estimate of drug-likeness (QED) is 0.735. The molecule has 19 heavy (non-hydrogen) atoms. The van der Waals surface area contributed by atoms with Gasteiger partial charge in [0.05, 0.1) is 11.8 Å². The summed E-state index contributed by atoms with van der Waals surface area (Å²) in [6.45, 7) is 0. The van der Waals surface area contributed by atoms with E-state index in [9.17, 15) is 9.18 Å². The molecule has 1 aliphatic carbocycles. The van der Waals surface area contributed by atoms with Crippen LogP contribution in [0.3, 0.4) is 0 Å². The molecular formula is C15H13FN2O. The first-order valence-electron chi connectivity index (χ1n) is 6.17. The number of benzene rings is 1. The van der Waals surface area contributed by atoms with Gasteiger partial charge in [0.25, 0.3) is 0 Å². The lowest BCUT2D eigenvalue weighted by atomic mass is 9.90. The number of hydrogen-bond acceptors (Lipinski definition) is 2. The average Bonchev–Trinajstić information content (AvgIpc) is 2.76. The molecule has 0 N–H and O–H groups in total. The largest absolute Gasteiger partial charge is 0.289 e.